The van der Waals surface area contributed by atoms with E-state index in [-0.39, 0.29) is 5.56 Å². The molecule has 2 rings (SSSR count). The molecule has 14 heavy (non-hydrogen) atoms. The van der Waals surface area contributed by atoms with Crippen LogP contribution in [0.15, 0.2) is 10.9 Å². The maximum atomic E-state index is 11.4. The summed E-state index contributed by atoms with van der Waals surface area (Å²) in [5.74, 6) is 0.325. The highest BCUT2D eigenvalue weighted by Gasteiger charge is 2.14. The Balaban J connectivity index is 2.29. The zero-order valence-corrected chi connectivity index (χ0v) is 7.69. The van der Waals surface area contributed by atoms with Gasteiger partial charge < -0.3 is 15.4 Å². The zero-order valence-electron chi connectivity index (χ0n) is 7.69. The van der Waals surface area contributed by atoms with E-state index in [4.69, 9.17) is 10.5 Å². The fourth-order valence-corrected chi connectivity index (χ4v) is 1.45. The first-order valence-corrected chi connectivity index (χ1v) is 4.45. The van der Waals surface area contributed by atoms with Crippen molar-refractivity contribution in [3.8, 4) is 0 Å². The van der Waals surface area contributed by atoms with Crippen molar-refractivity contribution in [2.24, 2.45) is 0 Å². The largest absolute Gasteiger partial charge is 0.382 e. The van der Waals surface area contributed by atoms with Gasteiger partial charge in [-0.05, 0) is 0 Å². The Hall–Kier alpha value is -1.56. The Morgan fingerprint density at radius 3 is 2.93 bits per heavy atom. The summed E-state index contributed by atoms with van der Waals surface area (Å²) in [7, 11) is 0. The van der Waals surface area contributed by atoms with Crippen molar-refractivity contribution < 1.29 is 4.74 Å². The average molecular weight is 196 g/mol. The van der Waals surface area contributed by atoms with Crippen LogP contribution in [-0.4, -0.2) is 36.5 Å². The summed E-state index contributed by atoms with van der Waals surface area (Å²) in [5, 5.41) is 5.97. The smallest absolute Gasteiger partial charge is 0.287 e. The minimum absolute atomic E-state index is 0.207. The fourth-order valence-electron chi connectivity index (χ4n) is 1.45. The van der Waals surface area contributed by atoms with Gasteiger partial charge in [0.2, 0.25) is 0 Å². The highest BCUT2D eigenvalue weighted by atomic mass is 16.5. The number of hydrogen-bond acceptors (Lipinski definition) is 5. The minimum Gasteiger partial charge on any atom is -0.382 e. The fraction of sp³-hybridized carbons (Fsp3) is 0.500. The van der Waals surface area contributed by atoms with E-state index in [2.05, 4.69) is 10.2 Å². The van der Waals surface area contributed by atoms with Gasteiger partial charge in [0.15, 0.2) is 0 Å². The standard InChI is InChI=1S/C8H12N4O2/c9-7-5-6(8(13)11-10-7)12-1-3-14-4-2-12/h5H,1-4H2,(H2,9,10)(H,11,13). The maximum Gasteiger partial charge on any atom is 0.287 e. The number of anilines is 2. The van der Waals surface area contributed by atoms with Crippen LogP contribution in [0, 0.1) is 0 Å². The maximum absolute atomic E-state index is 11.4. The predicted octanol–water partition coefficient (Wildman–Crippen LogP) is -0.811. The Morgan fingerprint density at radius 2 is 2.21 bits per heavy atom. The number of rotatable bonds is 1. The molecule has 0 spiro atoms. The molecule has 0 radical (unpaired) electrons. The topological polar surface area (TPSA) is 84.2 Å². The third kappa shape index (κ3) is 1.69. The monoisotopic (exact) mass is 196 g/mol. The summed E-state index contributed by atoms with van der Waals surface area (Å²) in [6, 6.07) is 1.59. The van der Waals surface area contributed by atoms with Crippen LogP contribution in [0.4, 0.5) is 11.5 Å². The van der Waals surface area contributed by atoms with Gasteiger partial charge in [0.1, 0.15) is 11.5 Å². The van der Waals surface area contributed by atoms with Crippen LogP contribution in [0.1, 0.15) is 0 Å². The molecule has 0 unspecified atom stereocenters. The second-order valence-corrected chi connectivity index (χ2v) is 3.11. The lowest BCUT2D eigenvalue weighted by Gasteiger charge is -2.27. The Morgan fingerprint density at radius 1 is 1.50 bits per heavy atom. The molecule has 0 aliphatic carbocycles. The van der Waals surface area contributed by atoms with E-state index in [0.717, 1.165) is 0 Å². The summed E-state index contributed by atoms with van der Waals surface area (Å²) in [4.78, 5) is 13.4. The first-order chi connectivity index (χ1) is 6.77. The number of hydrogen-bond donors (Lipinski definition) is 2. The molecule has 6 heteroatoms. The van der Waals surface area contributed by atoms with Crippen molar-refractivity contribution in [3.05, 3.63) is 16.4 Å². The van der Waals surface area contributed by atoms with Crippen LogP contribution in [0.5, 0.6) is 0 Å². The summed E-state index contributed by atoms with van der Waals surface area (Å²) in [5.41, 5.74) is 5.86. The SMILES string of the molecule is Nc1cc(N2CCOCC2)c(=O)[nH]n1. The summed E-state index contributed by atoms with van der Waals surface area (Å²) < 4.78 is 5.19. The van der Waals surface area contributed by atoms with Gasteiger partial charge in [-0.25, -0.2) is 5.10 Å². The number of morpholine rings is 1. The van der Waals surface area contributed by atoms with Crippen LogP contribution in [0.25, 0.3) is 0 Å². The van der Waals surface area contributed by atoms with Crippen molar-refractivity contribution >= 4 is 11.5 Å². The van der Waals surface area contributed by atoms with E-state index in [1.165, 1.54) is 0 Å². The van der Waals surface area contributed by atoms with Crippen LogP contribution in [0.3, 0.4) is 0 Å². The third-order valence-electron chi connectivity index (χ3n) is 2.16. The minimum atomic E-state index is -0.207. The molecule has 76 valence electrons. The van der Waals surface area contributed by atoms with Gasteiger partial charge in [-0.3, -0.25) is 4.79 Å². The summed E-state index contributed by atoms with van der Waals surface area (Å²) in [6.07, 6.45) is 0. The number of nitrogens with zero attached hydrogens (tertiary/aromatic N) is 2. The lowest BCUT2D eigenvalue weighted by Crippen LogP contribution is -2.39. The van der Waals surface area contributed by atoms with Gasteiger partial charge in [-0.2, -0.15) is 5.10 Å². The number of aromatic nitrogens is 2. The van der Waals surface area contributed by atoms with Crippen molar-refractivity contribution in [1.29, 1.82) is 0 Å². The zero-order chi connectivity index (χ0) is 9.97. The second kappa shape index (κ2) is 3.67. The van der Waals surface area contributed by atoms with Gasteiger partial charge >= 0.3 is 0 Å². The summed E-state index contributed by atoms with van der Waals surface area (Å²) >= 11 is 0. The van der Waals surface area contributed by atoms with Crippen LogP contribution in [0.2, 0.25) is 0 Å². The highest BCUT2D eigenvalue weighted by molar-refractivity contribution is 5.50. The van der Waals surface area contributed by atoms with Gasteiger partial charge in [0.25, 0.3) is 5.56 Å². The number of H-pyrrole nitrogens is 1. The van der Waals surface area contributed by atoms with Crippen LogP contribution in [-0.2, 0) is 4.74 Å². The van der Waals surface area contributed by atoms with E-state index >= 15 is 0 Å². The van der Waals surface area contributed by atoms with Gasteiger partial charge in [0, 0.05) is 19.2 Å². The van der Waals surface area contributed by atoms with Crippen molar-refractivity contribution in [2.75, 3.05) is 36.9 Å². The van der Waals surface area contributed by atoms with Crippen molar-refractivity contribution in [3.63, 3.8) is 0 Å². The average Bonchev–Trinajstić information content (AvgIpc) is 2.23. The predicted molar refractivity (Wildman–Crippen MR) is 52.3 cm³/mol. The molecule has 3 N–H and O–H groups in total. The molecule has 0 bridgehead atoms. The molecule has 0 saturated carbocycles. The molecule has 0 atom stereocenters. The molecule has 1 aromatic heterocycles. The lowest BCUT2D eigenvalue weighted by atomic mass is 10.3. The molecule has 6 nitrogen and oxygen atoms in total. The van der Waals surface area contributed by atoms with E-state index in [9.17, 15) is 4.79 Å². The molecule has 1 aromatic rings. The van der Waals surface area contributed by atoms with Gasteiger partial charge in [0.05, 0.1) is 13.2 Å². The number of ether oxygens (including phenoxy) is 1. The van der Waals surface area contributed by atoms with E-state index in [1.807, 2.05) is 4.90 Å². The number of nitrogens with two attached hydrogens (primary N) is 1. The van der Waals surface area contributed by atoms with Gasteiger partial charge in [-0.1, -0.05) is 0 Å². The normalized spacial score (nSPS) is 17.0. The number of aromatic amines is 1. The van der Waals surface area contributed by atoms with Crippen LogP contribution < -0.4 is 16.2 Å². The third-order valence-corrected chi connectivity index (χ3v) is 2.16. The highest BCUT2D eigenvalue weighted by Crippen LogP contribution is 2.10. The first kappa shape index (κ1) is 9.01. The molecule has 1 fully saturated rings. The lowest BCUT2D eigenvalue weighted by molar-refractivity contribution is 0.122. The molecule has 1 aliphatic rings. The van der Waals surface area contributed by atoms with Crippen molar-refractivity contribution in [1.82, 2.24) is 10.2 Å². The molecular weight excluding hydrogens is 184 g/mol. The quantitative estimate of drug-likeness (QED) is 0.613. The molecule has 0 aromatic carbocycles. The first-order valence-electron chi connectivity index (χ1n) is 4.45. The van der Waals surface area contributed by atoms with Crippen molar-refractivity contribution in [2.45, 2.75) is 0 Å². The van der Waals surface area contributed by atoms with E-state index in [0.29, 0.717) is 37.8 Å². The summed E-state index contributed by atoms with van der Waals surface area (Å²) in [6.45, 7) is 2.71. The number of nitrogens with one attached hydrogen (secondary N) is 1. The van der Waals surface area contributed by atoms with E-state index in [1.54, 1.807) is 6.07 Å². The van der Waals surface area contributed by atoms with E-state index < -0.39 is 0 Å². The number of nitrogen functional groups attached to an aromatic ring is 1. The van der Waals surface area contributed by atoms with Gasteiger partial charge in [-0.15, -0.1) is 0 Å². The molecule has 0 amide bonds. The Bertz CT molecular complexity index is 370. The molecule has 2 heterocycles. The Labute approximate surface area is 80.7 Å². The molecule has 1 aliphatic heterocycles. The second-order valence-electron chi connectivity index (χ2n) is 3.11. The molecular formula is C8H12N4O2. The Kier molecular flexibility index (Phi) is 2.36. The van der Waals surface area contributed by atoms with Crippen LogP contribution >= 0.6 is 0 Å². The molecule has 1 saturated heterocycles.